The second-order valence-corrected chi connectivity index (χ2v) is 5.06. The van der Waals surface area contributed by atoms with Crippen molar-refractivity contribution in [2.24, 2.45) is 0 Å². The molecule has 4 heteroatoms. The number of halogens is 1. The molecule has 1 aliphatic heterocycles. The molecule has 20 heavy (non-hydrogen) atoms. The summed E-state index contributed by atoms with van der Waals surface area (Å²) in [4.78, 5) is 18.0. The summed E-state index contributed by atoms with van der Waals surface area (Å²) in [5.74, 6) is 0.00801. The number of carbonyl (C=O) groups excluding carboxylic acids is 1. The summed E-state index contributed by atoms with van der Waals surface area (Å²) in [6, 6.07) is 11.5. The number of anilines is 1. The monoisotopic (exact) mass is 284 g/mol. The van der Waals surface area contributed by atoms with Gasteiger partial charge in [0.1, 0.15) is 5.15 Å². The third-order valence-corrected chi connectivity index (χ3v) is 3.55. The van der Waals surface area contributed by atoms with Crippen molar-refractivity contribution in [1.82, 2.24) is 4.98 Å². The minimum atomic E-state index is 0.00801. The van der Waals surface area contributed by atoms with E-state index in [1.54, 1.807) is 17.9 Å². The molecule has 0 N–H and O–H groups in total. The number of para-hydroxylation sites is 1. The van der Waals surface area contributed by atoms with E-state index in [9.17, 15) is 4.79 Å². The van der Waals surface area contributed by atoms with E-state index in [0.29, 0.717) is 11.7 Å². The first-order chi connectivity index (χ1) is 9.65. The average Bonchev–Trinajstić information content (AvgIpc) is 2.42. The van der Waals surface area contributed by atoms with Gasteiger partial charge in [0.2, 0.25) is 5.91 Å². The number of nitrogens with zero attached hydrogens (tertiary/aromatic N) is 2. The number of aromatic nitrogens is 1. The molecule has 2 aromatic rings. The summed E-state index contributed by atoms with van der Waals surface area (Å²) in [7, 11) is 0. The van der Waals surface area contributed by atoms with Gasteiger partial charge in [-0.3, -0.25) is 4.79 Å². The Balaban J connectivity index is 2.19. The van der Waals surface area contributed by atoms with Crippen LogP contribution in [0.15, 0.2) is 36.4 Å². The van der Waals surface area contributed by atoms with Crippen LogP contribution < -0.4 is 4.90 Å². The van der Waals surface area contributed by atoms with Crippen LogP contribution in [0.2, 0.25) is 5.15 Å². The van der Waals surface area contributed by atoms with Crippen LogP contribution in [0.25, 0.3) is 12.2 Å². The zero-order valence-electron chi connectivity index (χ0n) is 11.0. The average molecular weight is 285 g/mol. The topological polar surface area (TPSA) is 33.2 Å². The fourth-order valence-electron chi connectivity index (χ4n) is 2.34. The fourth-order valence-corrected chi connectivity index (χ4v) is 2.49. The van der Waals surface area contributed by atoms with Gasteiger partial charge in [0.15, 0.2) is 0 Å². The molecule has 3 nitrogen and oxygen atoms in total. The summed E-state index contributed by atoms with van der Waals surface area (Å²) in [6.45, 7) is 2.07. The Hall–Kier alpha value is -2.13. The molecule has 0 fully saturated rings. The summed E-state index contributed by atoms with van der Waals surface area (Å²) < 4.78 is 0. The molecule has 2 heterocycles. The van der Waals surface area contributed by atoms with Crippen LogP contribution in [0, 0.1) is 0 Å². The van der Waals surface area contributed by atoms with Crippen LogP contribution in [-0.2, 0) is 11.3 Å². The molecule has 0 spiro atoms. The van der Waals surface area contributed by atoms with Gasteiger partial charge in [-0.25, -0.2) is 4.98 Å². The number of hydrogen-bond acceptors (Lipinski definition) is 2. The molecule has 1 aromatic carbocycles. The summed E-state index contributed by atoms with van der Waals surface area (Å²) in [5, 5.41) is 0.455. The highest BCUT2D eigenvalue weighted by Crippen LogP contribution is 2.28. The molecule has 0 saturated carbocycles. The molecule has 1 aliphatic rings. The molecular formula is C16H13ClN2O. The standard InChI is InChI=1S/C16H13ClN2O/c1-11(20)19-10-13-7-9-16(17)18-14(13)8-6-12-4-2-3-5-15(12)19/h2-9H,10H2,1H3. The first-order valence-electron chi connectivity index (χ1n) is 6.36. The molecule has 100 valence electrons. The third kappa shape index (κ3) is 2.32. The van der Waals surface area contributed by atoms with Crippen molar-refractivity contribution in [2.45, 2.75) is 13.5 Å². The van der Waals surface area contributed by atoms with E-state index in [4.69, 9.17) is 11.6 Å². The normalized spacial score (nSPS) is 13.2. The Morgan fingerprint density at radius 1 is 1.20 bits per heavy atom. The molecule has 0 aliphatic carbocycles. The van der Waals surface area contributed by atoms with Crippen molar-refractivity contribution in [3.05, 3.63) is 58.4 Å². The van der Waals surface area contributed by atoms with E-state index in [2.05, 4.69) is 4.98 Å². The molecule has 0 bridgehead atoms. The van der Waals surface area contributed by atoms with Gasteiger partial charge in [0, 0.05) is 6.92 Å². The maximum Gasteiger partial charge on any atom is 0.224 e. The zero-order valence-corrected chi connectivity index (χ0v) is 11.8. The van der Waals surface area contributed by atoms with E-state index in [-0.39, 0.29) is 5.91 Å². The van der Waals surface area contributed by atoms with Gasteiger partial charge in [-0.1, -0.05) is 41.9 Å². The number of carbonyl (C=O) groups is 1. The summed E-state index contributed by atoms with van der Waals surface area (Å²) in [5.41, 5.74) is 3.69. The van der Waals surface area contributed by atoms with E-state index < -0.39 is 0 Å². The Bertz CT molecular complexity index is 709. The Morgan fingerprint density at radius 3 is 2.80 bits per heavy atom. The highest BCUT2D eigenvalue weighted by atomic mass is 35.5. The van der Waals surface area contributed by atoms with Crippen molar-refractivity contribution < 1.29 is 4.79 Å². The smallest absolute Gasteiger partial charge is 0.224 e. The maximum atomic E-state index is 12.0. The lowest BCUT2D eigenvalue weighted by atomic mass is 10.0. The lowest BCUT2D eigenvalue weighted by Gasteiger charge is -2.25. The van der Waals surface area contributed by atoms with E-state index in [1.165, 1.54) is 0 Å². The number of hydrogen-bond donors (Lipinski definition) is 0. The third-order valence-electron chi connectivity index (χ3n) is 3.34. The van der Waals surface area contributed by atoms with Crippen molar-refractivity contribution in [3.63, 3.8) is 0 Å². The first kappa shape index (κ1) is 12.9. The van der Waals surface area contributed by atoms with E-state index >= 15 is 0 Å². The molecule has 1 amide bonds. The zero-order chi connectivity index (χ0) is 14.1. The second-order valence-electron chi connectivity index (χ2n) is 4.68. The second kappa shape index (κ2) is 5.10. The highest BCUT2D eigenvalue weighted by Gasteiger charge is 2.18. The molecule has 0 atom stereocenters. The lowest BCUT2D eigenvalue weighted by molar-refractivity contribution is -0.116. The van der Waals surface area contributed by atoms with Gasteiger partial charge in [-0.15, -0.1) is 0 Å². The molecule has 0 radical (unpaired) electrons. The first-order valence-corrected chi connectivity index (χ1v) is 6.73. The van der Waals surface area contributed by atoms with Gasteiger partial charge < -0.3 is 4.90 Å². The number of pyridine rings is 1. The Kier molecular flexibility index (Phi) is 3.28. The largest absolute Gasteiger partial charge is 0.308 e. The summed E-state index contributed by atoms with van der Waals surface area (Å²) in [6.07, 6.45) is 3.91. The predicted molar refractivity (Wildman–Crippen MR) is 81.5 cm³/mol. The van der Waals surface area contributed by atoms with Crippen molar-refractivity contribution >= 4 is 35.3 Å². The maximum absolute atomic E-state index is 12.0. The van der Waals surface area contributed by atoms with Gasteiger partial charge in [0.05, 0.1) is 17.9 Å². The van der Waals surface area contributed by atoms with Crippen LogP contribution in [0.1, 0.15) is 23.7 Å². The molecule has 3 rings (SSSR count). The predicted octanol–water partition coefficient (Wildman–Crippen LogP) is 3.77. The lowest BCUT2D eigenvalue weighted by Crippen LogP contribution is -2.29. The highest BCUT2D eigenvalue weighted by molar-refractivity contribution is 6.29. The number of rotatable bonds is 0. The van der Waals surface area contributed by atoms with Gasteiger partial charge >= 0.3 is 0 Å². The van der Waals surface area contributed by atoms with Gasteiger partial charge in [0.25, 0.3) is 0 Å². The number of benzene rings is 1. The van der Waals surface area contributed by atoms with Crippen LogP contribution in [0.4, 0.5) is 5.69 Å². The summed E-state index contributed by atoms with van der Waals surface area (Å²) >= 11 is 5.94. The van der Waals surface area contributed by atoms with Crippen LogP contribution in [0.5, 0.6) is 0 Å². The molecular weight excluding hydrogens is 272 g/mol. The van der Waals surface area contributed by atoms with E-state index in [1.807, 2.05) is 42.5 Å². The quantitative estimate of drug-likeness (QED) is 0.690. The van der Waals surface area contributed by atoms with Crippen LogP contribution in [0.3, 0.4) is 0 Å². The molecule has 1 aromatic heterocycles. The van der Waals surface area contributed by atoms with Crippen molar-refractivity contribution in [2.75, 3.05) is 4.90 Å². The van der Waals surface area contributed by atoms with Crippen LogP contribution in [-0.4, -0.2) is 10.9 Å². The van der Waals surface area contributed by atoms with Crippen LogP contribution >= 0.6 is 11.6 Å². The molecule has 0 unspecified atom stereocenters. The minimum absolute atomic E-state index is 0.00801. The van der Waals surface area contributed by atoms with Crippen molar-refractivity contribution in [1.29, 1.82) is 0 Å². The van der Waals surface area contributed by atoms with Crippen molar-refractivity contribution in [3.8, 4) is 0 Å². The molecule has 0 saturated heterocycles. The Labute approximate surface area is 122 Å². The number of amides is 1. The SMILES string of the molecule is CC(=O)N1Cc2ccc(Cl)nc2C=Cc2ccccc21. The van der Waals surface area contributed by atoms with Gasteiger partial charge in [-0.2, -0.15) is 0 Å². The van der Waals surface area contributed by atoms with E-state index in [0.717, 1.165) is 22.5 Å². The van der Waals surface area contributed by atoms with Gasteiger partial charge in [-0.05, 0) is 29.3 Å². The Morgan fingerprint density at radius 2 is 2.00 bits per heavy atom. The number of fused-ring (bicyclic) bond motifs is 2. The fraction of sp³-hybridized carbons (Fsp3) is 0.125. The minimum Gasteiger partial charge on any atom is -0.308 e.